The van der Waals surface area contributed by atoms with Gasteiger partial charge in [0.25, 0.3) is 0 Å². The molecule has 0 saturated carbocycles. The largest absolute Gasteiger partial charge is 0.468 e. The summed E-state index contributed by atoms with van der Waals surface area (Å²) in [6.45, 7) is 7.10. The monoisotopic (exact) mass is 646 g/mol. The van der Waals surface area contributed by atoms with Gasteiger partial charge in [-0.05, 0) is 42.0 Å². The second-order valence-electron chi connectivity index (χ2n) is 12.5. The Balaban J connectivity index is 1.46. The van der Waals surface area contributed by atoms with Gasteiger partial charge >= 0.3 is 12.1 Å². The van der Waals surface area contributed by atoms with Crippen LogP contribution in [-0.2, 0) is 25.7 Å². The number of azide groups is 1. The van der Waals surface area contributed by atoms with Crippen molar-refractivity contribution in [3.8, 4) is 0 Å². The summed E-state index contributed by atoms with van der Waals surface area (Å²) >= 11 is 0. The SMILES string of the molecule is COC(=O)[C@H](CCCCNC(=O)[C@H](CSSC(C)(C)C)NC(=O)OCc1ccc(N=[N+]=[N-])cc1)NB1C2CCCC1CCC2. The Kier molecular flexibility index (Phi) is 15.1. The highest BCUT2D eigenvalue weighted by atomic mass is 33.1. The molecule has 3 rings (SSSR count). The van der Waals surface area contributed by atoms with Crippen molar-refractivity contribution in [2.45, 2.75) is 114 Å². The van der Waals surface area contributed by atoms with Gasteiger partial charge in [-0.25, -0.2) is 4.79 Å². The Morgan fingerprint density at radius 1 is 1.07 bits per heavy atom. The smallest absolute Gasteiger partial charge is 0.408 e. The van der Waals surface area contributed by atoms with E-state index in [0.29, 0.717) is 49.3 Å². The lowest BCUT2D eigenvalue weighted by molar-refractivity contribution is -0.142. The number of alkyl carbamates (subject to hydrolysis) is 1. The van der Waals surface area contributed by atoms with E-state index >= 15 is 0 Å². The maximum atomic E-state index is 13.1. The zero-order valence-corrected chi connectivity index (χ0v) is 28.0. The fourth-order valence-electron chi connectivity index (χ4n) is 5.91. The quantitative estimate of drug-likeness (QED) is 0.0333. The molecule has 11 nitrogen and oxygen atoms in total. The molecule has 14 heteroatoms. The van der Waals surface area contributed by atoms with Gasteiger partial charge in [-0.2, -0.15) is 0 Å². The van der Waals surface area contributed by atoms with Gasteiger partial charge in [-0.3, -0.25) is 9.59 Å². The summed E-state index contributed by atoms with van der Waals surface area (Å²) in [4.78, 5) is 41.0. The highest BCUT2D eigenvalue weighted by molar-refractivity contribution is 8.77. The van der Waals surface area contributed by atoms with E-state index in [1.165, 1.54) is 56.4 Å². The molecule has 2 heterocycles. The molecule has 0 unspecified atom stereocenters. The zero-order valence-electron chi connectivity index (χ0n) is 26.4. The van der Waals surface area contributed by atoms with Crippen LogP contribution in [0.4, 0.5) is 10.5 Å². The van der Waals surface area contributed by atoms with Gasteiger partial charge < -0.3 is 25.3 Å². The van der Waals surface area contributed by atoms with Crippen LogP contribution in [0.1, 0.15) is 84.1 Å². The molecule has 2 bridgehead atoms. The second-order valence-corrected chi connectivity index (χ2v) is 15.7. The van der Waals surface area contributed by atoms with Gasteiger partial charge in [0.15, 0.2) is 0 Å². The molecule has 242 valence electrons. The summed E-state index contributed by atoms with van der Waals surface area (Å²) < 4.78 is 10.5. The molecule has 0 spiro atoms. The van der Waals surface area contributed by atoms with Crippen molar-refractivity contribution in [1.29, 1.82) is 0 Å². The van der Waals surface area contributed by atoms with Gasteiger partial charge in [-0.15, -0.1) is 0 Å². The first-order chi connectivity index (χ1) is 21.1. The lowest BCUT2D eigenvalue weighted by Crippen LogP contribution is -2.53. The number of fused-ring (bicyclic) bond motifs is 2. The first-order valence-corrected chi connectivity index (χ1v) is 17.9. The molecule has 2 fully saturated rings. The molecule has 2 atom stereocenters. The number of nitrogens with zero attached hydrogens (tertiary/aromatic N) is 3. The van der Waals surface area contributed by atoms with Crippen LogP contribution in [0.3, 0.4) is 0 Å². The summed E-state index contributed by atoms with van der Waals surface area (Å²) in [7, 11) is 4.60. The van der Waals surface area contributed by atoms with Gasteiger partial charge in [0.1, 0.15) is 12.6 Å². The first kappa shape index (κ1) is 35.9. The highest BCUT2D eigenvalue weighted by Gasteiger charge is 2.41. The normalized spacial score (nSPS) is 19.2. The number of carbonyl (C=O) groups is 3. The average Bonchev–Trinajstić information content (AvgIpc) is 2.98. The van der Waals surface area contributed by atoms with E-state index in [0.717, 1.165) is 12.0 Å². The molecule has 2 saturated heterocycles. The maximum Gasteiger partial charge on any atom is 0.408 e. The molecule has 1 aromatic rings. The number of nitrogens with one attached hydrogen (secondary N) is 3. The maximum absolute atomic E-state index is 13.1. The Labute approximate surface area is 269 Å². The van der Waals surface area contributed by atoms with Crippen molar-refractivity contribution in [2.24, 2.45) is 5.11 Å². The Hall–Kier alpha value is -2.54. The van der Waals surface area contributed by atoms with Crippen molar-refractivity contribution >= 4 is 52.1 Å². The fourth-order valence-corrected chi connectivity index (χ4v) is 8.37. The standard InChI is InChI=1S/C30H47BN6O5S2/c1-30(2,3)44-43-20-26(34-29(40)42-19-21-14-16-24(17-15-21)36-37-32)27(38)33-18-6-5-13-25(28(39)41-4)35-31-22-9-7-10-23(31)12-8-11-22/h14-17,22-23,25-26,35H,5-13,18-20H2,1-4H3,(H,33,38)(H,34,40)/t22?,23?,25-,26-/m0/s1. The van der Waals surface area contributed by atoms with Crippen LogP contribution >= 0.6 is 21.6 Å². The predicted molar refractivity (Wildman–Crippen MR) is 179 cm³/mol. The molecule has 2 aliphatic heterocycles. The second kappa shape index (κ2) is 18.4. The number of ether oxygens (including phenoxy) is 2. The molecule has 1 aromatic carbocycles. The third kappa shape index (κ3) is 12.5. The number of rotatable bonds is 16. The molecule has 0 aliphatic carbocycles. The third-order valence-electron chi connectivity index (χ3n) is 8.03. The number of esters is 1. The van der Waals surface area contributed by atoms with Crippen LogP contribution in [0.25, 0.3) is 10.4 Å². The number of methoxy groups -OCH3 is 1. The number of hydrogen-bond donors (Lipinski definition) is 3. The number of carbonyl (C=O) groups excluding carboxylic acids is 3. The minimum absolute atomic E-state index is 0.00551. The van der Waals surface area contributed by atoms with E-state index in [1.807, 2.05) is 0 Å². The molecule has 3 N–H and O–H groups in total. The molecular formula is C30H47BN6O5S2. The molecular weight excluding hydrogens is 599 g/mol. The molecule has 0 radical (unpaired) electrons. The minimum atomic E-state index is -0.773. The summed E-state index contributed by atoms with van der Waals surface area (Å²) in [5.41, 5.74) is 9.73. The van der Waals surface area contributed by atoms with Crippen LogP contribution < -0.4 is 15.9 Å². The summed E-state index contributed by atoms with van der Waals surface area (Å²) in [5.74, 6) is 1.16. The van der Waals surface area contributed by atoms with Crippen molar-refractivity contribution in [3.05, 3.63) is 40.3 Å². The van der Waals surface area contributed by atoms with E-state index in [1.54, 1.807) is 35.1 Å². The average molecular weight is 647 g/mol. The van der Waals surface area contributed by atoms with Gasteiger partial charge in [-0.1, -0.05) is 110 Å². The summed E-state index contributed by atoms with van der Waals surface area (Å²) in [6.07, 6.45) is 8.90. The number of benzene rings is 1. The first-order valence-electron chi connectivity index (χ1n) is 15.6. The van der Waals surface area contributed by atoms with Crippen LogP contribution in [0.15, 0.2) is 29.4 Å². The number of unbranched alkanes of at least 4 members (excludes halogenated alkanes) is 1. The predicted octanol–water partition coefficient (Wildman–Crippen LogP) is 6.92. The zero-order chi connectivity index (χ0) is 32.0. The third-order valence-corrected chi connectivity index (χ3v) is 11.4. The fraction of sp³-hybridized carbons (Fsp3) is 0.700. The Bertz CT molecular complexity index is 1110. The van der Waals surface area contributed by atoms with Crippen LogP contribution in [-0.4, -0.2) is 61.1 Å². The minimum Gasteiger partial charge on any atom is -0.468 e. The topological polar surface area (TPSA) is 155 Å². The molecule has 2 amide bonds. The van der Waals surface area contributed by atoms with Gasteiger partial charge in [0.2, 0.25) is 12.8 Å². The lowest BCUT2D eigenvalue weighted by atomic mass is 9.34. The van der Waals surface area contributed by atoms with E-state index < -0.39 is 12.1 Å². The Morgan fingerprint density at radius 3 is 2.32 bits per heavy atom. The summed E-state index contributed by atoms with van der Waals surface area (Å²) in [5, 5.41) is 12.9. The van der Waals surface area contributed by atoms with Crippen molar-refractivity contribution in [1.82, 2.24) is 15.9 Å². The highest BCUT2D eigenvalue weighted by Crippen LogP contribution is 2.45. The van der Waals surface area contributed by atoms with E-state index in [2.05, 4.69) is 46.7 Å². The molecule has 2 aliphatic rings. The molecule has 44 heavy (non-hydrogen) atoms. The molecule has 0 aromatic heterocycles. The van der Waals surface area contributed by atoms with Crippen LogP contribution in [0.2, 0.25) is 11.6 Å². The lowest BCUT2D eigenvalue weighted by Gasteiger charge is -2.41. The van der Waals surface area contributed by atoms with Crippen molar-refractivity contribution in [2.75, 3.05) is 19.4 Å². The van der Waals surface area contributed by atoms with E-state index in [9.17, 15) is 14.4 Å². The van der Waals surface area contributed by atoms with E-state index in [-0.39, 0.29) is 29.3 Å². The number of amides is 2. The summed E-state index contributed by atoms with van der Waals surface area (Å²) in [6, 6.07) is 5.57. The van der Waals surface area contributed by atoms with Gasteiger partial charge in [0.05, 0.1) is 13.2 Å². The van der Waals surface area contributed by atoms with Crippen molar-refractivity contribution < 1.29 is 23.9 Å². The van der Waals surface area contributed by atoms with Crippen LogP contribution in [0.5, 0.6) is 0 Å². The van der Waals surface area contributed by atoms with Crippen molar-refractivity contribution in [3.63, 3.8) is 0 Å². The Morgan fingerprint density at radius 2 is 1.73 bits per heavy atom. The van der Waals surface area contributed by atoms with Gasteiger partial charge in [0, 0.05) is 27.6 Å². The number of hydrogen-bond acceptors (Lipinski definition) is 9. The van der Waals surface area contributed by atoms with E-state index in [4.69, 9.17) is 15.0 Å². The van der Waals surface area contributed by atoms with Crippen LogP contribution in [0, 0.1) is 0 Å².